The standard InChI is InChI=1S/C12H14ClN3S/c1-14-7-6-11-15-16-12(17-11)8-9-4-2-3-5-10(9)13/h2-5,14H,6-8H2,1H3. The minimum Gasteiger partial charge on any atom is -0.319 e. The lowest BCUT2D eigenvalue weighted by atomic mass is 10.2. The van der Waals surface area contributed by atoms with Gasteiger partial charge in [0.2, 0.25) is 0 Å². The Kier molecular flexibility index (Phi) is 4.48. The Balaban J connectivity index is 2.04. The molecule has 0 fully saturated rings. The number of aromatic nitrogens is 2. The SMILES string of the molecule is CNCCc1nnc(Cc2ccccc2Cl)s1. The van der Waals surface area contributed by atoms with E-state index in [1.807, 2.05) is 31.3 Å². The van der Waals surface area contributed by atoms with Gasteiger partial charge in [0.15, 0.2) is 0 Å². The predicted octanol–water partition coefficient (Wildman–Crippen LogP) is 2.54. The molecule has 0 saturated heterocycles. The molecule has 2 aromatic rings. The monoisotopic (exact) mass is 267 g/mol. The van der Waals surface area contributed by atoms with Crippen molar-refractivity contribution < 1.29 is 0 Å². The van der Waals surface area contributed by atoms with Crippen LogP contribution in [0.15, 0.2) is 24.3 Å². The van der Waals surface area contributed by atoms with Gasteiger partial charge in [-0.1, -0.05) is 29.8 Å². The molecule has 90 valence electrons. The lowest BCUT2D eigenvalue weighted by Gasteiger charge is -1.99. The molecule has 0 aliphatic rings. The molecule has 1 N–H and O–H groups in total. The van der Waals surface area contributed by atoms with E-state index in [0.29, 0.717) is 0 Å². The van der Waals surface area contributed by atoms with Crippen LogP contribution in [0.2, 0.25) is 5.02 Å². The predicted molar refractivity (Wildman–Crippen MR) is 71.8 cm³/mol. The number of halogens is 1. The first-order valence-corrected chi connectivity index (χ1v) is 6.68. The van der Waals surface area contributed by atoms with E-state index in [0.717, 1.165) is 40.0 Å². The second-order valence-electron chi connectivity index (χ2n) is 3.71. The Hall–Kier alpha value is -0.970. The molecule has 0 radical (unpaired) electrons. The van der Waals surface area contributed by atoms with Crippen LogP contribution >= 0.6 is 22.9 Å². The van der Waals surface area contributed by atoms with Crippen LogP contribution in [0.3, 0.4) is 0 Å². The van der Waals surface area contributed by atoms with Crippen LogP contribution in [0.4, 0.5) is 0 Å². The molecule has 1 aromatic heterocycles. The van der Waals surface area contributed by atoms with Crippen LogP contribution in [0.1, 0.15) is 15.6 Å². The van der Waals surface area contributed by atoms with Gasteiger partial charge < -0.3 is 5.32 Å². The number of benzene rings is 1. The largest absolute Gasteiger partial charge is 0.319 e. The molecule has 0 amide bonds. The average Bonchev–Trinajstić information content (AvgIpc) is 2.77. The summed E-state index contributed by atoms with van der Waals surface area (Å²) in [4.78, 5) is 0. The van der Waals surface area contributed by atoms with Crippen molar-refractivity contribution in [2.75, 3.05) is 13.6 Å². The highest BCUT2D eigenvalue weighted by Gasteiger charge is 2.06. The van der Waals surface area contributed by atoms with Crippen molar-refractivity contribution in [3.63, 3.8) is 0 Å². The second kappa shape index (κ2) is 6.10. The van der Waals surface area contributed by atoms with Crippen molar-refractivity contribution in [1.29, 1.82) is 0 Å². The lowest BCUT2D eigenvalue weighted by molar-refractivity contribution is 0.777. The summed E-state index contributed by atoms with van der Waals surface area (Å²) in [7, 11) is 1.94. The van der Waals surface area contributed by atoms with Crippen LogP contribution in [-0.4, -0.2) is 23.8 Å². The highest BCUT2D eigenvalue weighted by molar-refractivity contribution is 7.11. The summed E-state index contributed by atoms with van der Waals surface area (Å²) in [5.41, 5.74) is 1.10. The summed E-state index contributed by atoms with van der Waals surface area (Å²) in [6.07, 6.45) is 1.69. The second-order valence-corrected chi connectivity index (χ2v) is 5.27. The fourth-order valence-corrected chi connectivity index (χ4v) is 2.57. The molecule has 0 aliphatic carbocycles. The fourth-order valence-electron chi connectivity index (χ4n) is 1.50. The van der Waals surface area contributed by atoms with Crippen molar-refractivity contribution in [2.24, 2.45) is 0 Å². The van der Waals surface area contributed by atoms with E-state index < -0.39 is 0 Å². The number of nitrogens with zero attached hydrogens (tertiary/aromatic N) is 2. The Morgan fingerprint density at radius 3 is 2.76 bits per heavy atom. The molecule has 1 aromatic carbocycles. The van der Waals surface area contributed by atoms with Gasteiger partial charge in [-0.25, -0.2) is 0 Å². The third-order valence-electron chi connectivity index (χ3n) is 2.40. The third-order valence-corrected chi connectivity index (χ3v) is 3.75. The lowest BCUT2D eigenvalue weighted by Crippen LogP contribution is -2.09. The number of rotatable bonds is 5. The van der Waals surface area contributed by atoms with Crippen LogP contribution in [-0.2, 0) is 12.8 Å². The Morgan fingerprint density at radius 1 is 1.24 bits per heavy atom. The number of nitrogens with one attached hydrogen (secondary N) is 1. The first-order valence-electron chi connectivity index (χ1n) is 5.49. The van der Waals surface area contributed by atoms with E-state index >= 15 is 0 Å². The van der Waals surface area contributed by atoms with Gasteiger partial charge in [0.1, 0.15) is 10.0 Å². The summed E-state index contributed by atoms with van der Waals surface area (Å²) in [6.45, 7) is 0.931. The maximum Gasteiger partial charge on any atom is 0.121 e. The van der Waals surface area contributed by atoms with E-state index in [4.69, 9.17) is 11.6 Å². The maximum atomic E-state index is 6.11. The summed E-state index contributed by atoms with van der Waals surface area (Å²) in [5.74, 6) is 0. The average molecular weight is 268 g/mol. The Morgan fingerprint density at radius 2 is 2.00 bits per heavy atom. The third kappa shape index (κ3) is 3.49. The van der Waals surface area contributed by atoms with Gasteiger partial charge in [-0.3, -0.25) is 0 Å². The molecule has 0 unspecified atom stereocenters. The highest BCUT2D eigenvalue weighted by Crippen LogP contribution is 2.20. The summed E-state index contributed by atoms with van der Waals surface area (Å²) >= 11 is 7.77. The molecule has 0 spiro atoms. The van der Waals surface area contributed by atoms with Gasteiger partial charge in [0.05, 0.1) is 0 Å². The molecule has 1 heterocycles. The van der Waals surface area contributed by atoms with Crippen molar-refractivity contribution in [3.05, 3.63) is 44.9 Å². The van der Waals surface area contributed by atoms with E-state index in [1.54, 1.807) is 11.3 Å². The van der Waals surface area contributed by atoms with E-state index in [-0.39, 0.29) is 0 Å². The zero-order valence-corrected chi connectivity index (χ0v) is 11.2. The Bertz CT molecular complexity index is 484. The van der Waals surface area contributed by atoms with Gasteiger partial charge >= 0.3 is 0 Å². The molecule has 0 atom stereocenters. The molecular weight excluding hydrogens is 254 g/mol. The van der Waals surface area contributed by atoms with Crippen LogP contribution in [0, 0.1) is 0 Å². The van der Waals surface area contributed by atoms with E-state index in [9.17, 15) is 0 Å². The van der Waals surface area contributed by atoms with Gasteiger partial charge in [-0.15, -0.1) is 21.5 Å². The normalized spacial score (nSPS) is 10.7. The topological polar surface area (TPSA) is 37.8 Å². The minimum atomic E-state index is 0.761. The number of likely N-dealkylation sites (N-methyl/N-ethyl adjacent to an activating group) is 1. The van der Waals surface area contributed by atoms with Gasteiger partial charge in [-0.2, -0.15) is 0 Å². The van der Waals surface area contributed by atoms with Crippen molar-refractivity contribution in [2.45, 2.75) is 12.8 Å². The van der Waals surface area contributed by atoms with Gasteiger partial charge in [0.25, 0.3) is 0 Å². The molecular formula is C12H14ClN3S. The Labute approximate surface area is 110 Å². The smallest absolute Gasteiger partial charge is 0.121 e. The fraction of sp³-hybridized carbons (Fsp3) is 0.333. The summed E-state index contributed by atoms with van der Waals surface area (Å²) in [5, 5.41) is 14.3. The van der Waals surface area contributed by atoms with Crippen LogP contribution in [0.25, 0.3) is 0 Å². The molecule has 0 bridgehead atoms. The van der Waals surface area contributed by atoms with Crippen LogP contribution in [0.5, 0.6) is 0 Å². The number of hydrogen-bond donors (Lipinski definition) is 1. The quantitative estimate of drug-likeness (QED) is 0.905. The zero-order valence-electron chi connectivity index (χ0n) is 9.61. The molecule has 17 heavy (non-hydrogen) atoms. The summed E-state index contributed by atoms with van der Waals surface area (Å²) in [6, 6.07) is 7.85. The van der Waals surface area contributed by atoms with Gasteiger partial charge in [-0.05, 0) is 18.7 Å². The maximum absolute atomic E-state index is 6.11. The molecule has 0 saturated carbocycles. The van der Waals surface area contributed by atoms with E-state index in [1.165, 1.54) is 0 Å². The number of hydrogen-bond acceptors (Lipinski definition) is 4. The van der Waals surface area contributed by atoms with Crippen molar-refractivity contribution in [1.82, 2.24) is 15.5 Å². The molecule has 0 aliphatic heterocycles. The molecule has 5 heteroatoms. The van der Waals surface area contributed by atoms with Gasteiger partial charge in [0, 0.05) is 24.4 Å². The van der Waals surface area contributed by atoms with Crippen molar-refractivity contribution in [3.8, 4) is 0 Å². The molecule has 2 rings (SSSR count). The van der Waals surface area contributed by atoms with E-state index in [2.05, 4.69) is 15.5 Å². The zero-order chi connectivity index (χ0) is 12.1. The van der Waals surface area contributed by atoms with Crippen molar-refractivity contribution >= 4 is 22.9 Å². The first kappa shape index (κ1) is 12.5. The molecule has 3 nitrogen and oxygen atoms in total. The first-order chi connectivity index (χ1) is 8.29. The summed E-state index contributed by atoms with van der Waals surface area (Å²) < 4.78 is 0. The highest BCUT2D eigenvalue weighted by atomic mass is 35.5. The van der Waals surface area contributed by atoms with Crippen LogP contribution < -0.4 is 5.32 Å². The minimum absolute atomic E-state index is 0.761.